The average molecular weight is 281 g/mol. The van der Waals surface area contributed by atoms with Crippen molar-refractivity contribution in [1.82, 2.24) is 5.32 Å². The molecular weight excluding hydrogens is 262 g/mol. The van der Waals surface area contributed by atoms with E-state index >= 15 is 0 Å². The maximum absolute atomic E-state index is 11.9. The number of carboxylic acids is 1. The van der Waals surface area contributed by atoms with Gasteiger partial charge in [0, 0.05) is 6.42 Å². The highest BCUT2D eigenvalue weighted by molar-refractivity contribution is 7.07. The Labute approximate surface area is 116 Å². The van der Waals surface area contributed by atoms with Gasteiger partial charge in [0.2, 0.25) is 5.91 Å². The molecule has 0 saturated heterocycles. The predicted octanol–water partition coefficient (Wildman–Crippen LogP) is 2.58. The summed E-state index contributed by atoms with van der Waals surface area (Å²) in [4.78, 5) is 23.4. The molecule has 1 aliphatic rings. The zero-order valence-electron chi connectivity index (χ0n) is 10.9. The number of carbonyl (C=O) groups excluding carboxylic acids is 1. The molecular formula is C14H19NO3S. The van der Waals surface area contributed by atoms with Crippen molar-refractivity contribution in [1.29, 1.82) is 0 Å². The minimum absolute atomic E-state index is 0.157. The van der Waals surface area contributed by atoms with Crippen LogP contribution in [0.3, 0.4) is 0 Å². The van der Waals surface area contributed by atoms with Crippen molar-refractivity contribution in [2.24, 2.45) is 0 Å². The minimum Gasteiger partial charge on any atom is -0.480 e. The molecule has 0 radical (unpaired) electrons. The number of nitrogens with one attached hydrogen (secondary N) is 1. The molecule has 2 N–H and O–H groups in total. The van der Waals surface area contributed by atoms with Crippen molar-refractivity contribution in [3.8, 4) is 0 Å². The largest absolute Gasteiger partial charge is 0.480 e. The molecule has 104 valence electrons. The molecule has 0 unspecified atom stereocenters. The third kappa shape index (κ3) is 3.56. The number of thiophene rings is 1. The van der Waals surface area contributed by atoms with Gasteiger partial charge in [-0.2, -0.15) is 11.3 Å². The number of hydrogen-bond donors (Lipinski definition) is 2. The Kier molecular flexibility index (Phi) is 4.58. The van der Waals surface area contributed by atoms with E-state index in [2.05, 4.69) is 5.32 Å². The number of rotatable bonds is 5. The van der Waals surface area contributed by atoms with Gasteiger partial charge in [-0.25, -0.2) is 4.79 Å². The highest BCUT2D eigenvalue weighted by Gasteiger charge is 2.40. The highest BCUT2D eigenvalue weighted by Crippen LogP contribution is 2.28. The minimum atomic E-state index is -1.02. The summed E-state index contributed by atoms with van der Waals surface area (Å²) in [5, 5.41) is 16.1. The molecule has 0 spiro atoms. The molecule has 1 fully saturated rings. The first-order valence-corrected chi connectivity index (χ1v) is 7.62. The van der Waals surface area contributed by atoms with Crippen molar-refractivity contribution in [3.05, 3.63) is 22.4 Å². The maximum atomic E-state index is 11.9. The fraction of sp³-hybridized carbons (Fsp3) is 0.571. The smallest absolute Gasteiger partial charge is 0.329 e. The molecule has 1 heterocycles. The van der Waals surface area contributed by atoms with Crippen LogP contribution < -0.4 is 5.32 Å². The lowest BCUT2D eigenvalue weighted by atomic mass is 9.81. The van der Waals surface area contributed by atoms with E-state index in [1.807, 2.05) is 16.8 Å². The van der Waals surface area contributed by atoms with Crippen molar-refractivity contribution in [2.45, 2.75) is 50.5 Å². The Morgan fingerprint density at radius 1 is 1.32 bits per heavy atom. The Bertz CT molecular complexity index is 436. The average Bonchev–Trinajstić information content (AvgIpc) is 2.90. The Balaban J connectivity index is 1.90. The van der Waals surface area contributed by atoms with Gasteiger partial charge in [0.1, 0.15) is 5.54 Å². The topological polar surface area (TPSA) is 66.4 Å². The lowest BCUT2D eigenvalue weighted by Gasteiger charge is -2.34. The van der Waals surface area contributed by atoms with Crippen LogP contribution in [0.15, 0.2) is 16.8 Å². The van der Waals surface area contributed by atoms with E-state index in [9.17, 15) is 14.7 Å². The molecule has 19 heavy (non-hydrogen) atoms. The van der Waals surface area contributed by atoms with Gasteiger partial charge in [-0.15, -0.1) is 0 Å². The lowest BCUT2D eigenvalue weighted by Crippen LogP contribution is -2.55. The Morgan fingerprint density at radius 3 is 2.63 bits per heavy atom. The highest BCUT2D eigenvalue weighted by atomic mass is 32.1. The number of amides is 1. The van der Waals surface area contributed by atoms with Crippen LogP contribution in [-0.4, -0.2) is 22.5 Å². The van der Waals surface area contributed by atoms with Gasteiger partial charge in [0.05, 0.1) is 0 Å². The van der Waals surface area contributed by atoms with Crippen molar-refractivity contribution < 1.29 is 14.7 Å². The summed E-state index contributed by atoms with van der Waals surface area (Å²) >= 11 is 1.61. The van der Waals surface area contributed by atoms with Gasteiger partial charge in [-0.3, -0.25) is 4.79 Å². The van der Waals surface area contributed by atoms with Crippen LogP contribution in [-0.2, 0) is 16.0 Å². The van der Waals surface area contributed by atoms with E-state index in [4.69, 9.17) is 0 Å². The number of aryl methyl sites for hydroxylation is 1. The van der Waals surface area contributed by atoms with Crippen molar-refractivity contribution in [2.75, 3.05) is 0 Å². The number of carbonyl (C=O) groups is 2. The summed E-state index contributed by atoms with van der Waals surface area (Å²) in [7, 11) is 0. The van der Waals surface area contributed by atoms with Crippen LogP contribution in [0.2, 0.25) is 0 Å². The molecule has 0 aliphatic heterocycles. The zero-order valence-corrected chi connectivity index (χ0v) is 11.7. The quantitative estimate of drug-likeness (QED) is 0.871. The van der Waals surface area contributed by atoms with E-state index in [1.54, 1.807) is 11.3 Å². The standard InChI is InChI=1S/C14H19NO3S/c16-12(5-4-11-6-9-19-10-11)15-14(13(17)18)7-2-1-3-8-14/h6,9-10H,1-5,7-8H2,(H,15,16)(H,17,18). The monoisotopic (exact) mass is 281 g/mol. The first-order chi connectivity index (χ1) is 9.12. The zero-order chi connectivity index (χ0) is 13.7. The van der Waals surface area contributed by atoms with Crippen LogP contribution in [0.25, 0.3) is 0 Å². The lowest BCUT2D eigenvalue weighted by molar-refractivity contribution is -0.149. The van der Waals surface area contributed by atoms with Crippen LogP contribution in [0.1, 0.15) is 44.1 Å². The summed E-state index contributed by atoms with van der Waals surface area (Å²) in [6.07, 6.45) is 4.92. The first-order valence-electron chi connectivity index (χ1n) is 6.68. The van der Waals surface area contributed by atoms with E-state index in [1.165, 1.54) is 0 Å². The van der Waals surface area contributed by atoms with E-state index in [0.717, 1.165) is 24.8 Å². The fourth-order valence-corrected chi connectivity index (χ4v) is 3.27. The van der Waals surface area contributed by atoms with Gasteiger partial charge in [-0.05, 0) is 41.7 Å². The fourth-order valence-electron chi connectivity index (χ4n) is 2.57. The normalized spacial score (nSPS) is 17.9. The summed E-state index contributed by atoms with van der Waals surface area (Å²) < 4.78 is 0. The molecule has 1 aromatic rings. The van der Waals surface area contributed by atoms with Crippen LogP contribution in [0.4, 0.5) is 0 Å². The predicted molar refractivity (Wildman–Crippen MR) is 74.2 cm³/mol. The molecule has 1 amide bonds. The summed E-state index contributed by atoms with van der Waals surface area (Å²) in [5.41, 5.74) is 0.109. The van der Waals surface area contributed by atoms with Gasteiger partial charge in [0.25, 0.3) is 0 Å². The van der Waals surface area contributed by atoms with E-state index < -0.39 is 11.5 Å². The molecule has 5 heteroatoms. The Morgan fingerprint density at radius 2 is 2.05 bits per heavy atom. The second-order valence-electron chi connectivity index (χ2n) is 5.13. The van der Waals surface area contributed by atoms with Crippen LogP contribution in [0, 0.1) is 0 Å². The van der Waals surface area contributed by atoms with Crippen LogP contribution in [0.5, 0.6) is 0 Å². The summed E-state index contributed by atoms with van der Waals surface area (Å²) in [6.45, 7) is 0. The molecule has 0 atom stereocenters. The van der Waals surface area contributed by atoms with E-state index in [0.29, 0.717) is 25.7 Å². The second kappa shape index (κ2) is 6.19. The first kappa shape index (κ1) is 14.1. The third-order valence-electron chi connectivity index (χ3n) is 3.72. The molecule has 0 bridgehead atoms. The number of carboxylic acid groups (broad SMARTS) is 1. The molecule has 2 rings (SSSR count). The van der Waals surface area contributed by atoms with Gasteiger partial charge >= 0.3 is 5.97 Å². The van der Waals surface area contributed by atoms with E-state index in [-0.39, 0.29) is 5.91 Å². The molecule has 0 aromatic carbocycles. The van der Waals surface area contributed by atoms with Crippen molar-refractivity contribution >= 4 is 23.2 Å². The number of aliphatic carboxylic acids is 1. The molecule has 1 saturated carbocycles. The summed E-state index contributed by atoms with van der Waals surface area (Å²) in [6, 6.07) is 1.99. The summed E-state index contributed by atoms with van der Waals surface area (Å²) in [5.74, 6) is -1.05. The van der Waals surface area contributed by atoms with Gasteiger partial charge < -0.3 is 10.4 Å². The number of hydrogen-bond acceptors (Lipinski definition) is 3. The van der Waals surface area contributed by atoms with Gasteiger partial charge in [0.15, 0.2) is 0 Å². The Hall–Kier alpha value is -1.36. The second-order valence-corrected chi connectivity index (χ2v) is 5.91. The molecule has 4 nitrogen and oxygen atoms in total. The third-order valence-corrected chi connectivity index (χ3v) is 4.45. The van der Waals surface area contributed by atoms with Gasteiger partial charge in [-0.1, -0.05) is 19.3 Å². The van der Waals surface area contributed by atoms with Crippen molar-refractivity contribution in [3.63, 3.8) is 0 Å². The van der Waals surface area contributed by atoms with Crippen LogP contribution >= 0.6 is 11.3 Å². The maximum Gasteiger partial charge on any atom is 0.329 e. The molecule has 1 aliphatic carbocycles. The SMILES string of the molecule is O=C(CCc1ccsc1)NC1(C(=O)O)CCCCC1. The molecule has 1 aromatic heterocycles.